The second-order valence-corrected chi connectivity index (χ2v) is 8.88. The van der Waals surface area contributed by atoms with Crippen LogP contribution in [-0.4, -0.2) is 49.1 Å². The Morgan fingerprint density at radius 2 is 1.20 bits per heavy atom. The lowest BCUT2D eigenvalue weighted by atomic mass is 9.85. The van der Waals surface area contributed by atoms with Crippen LogP contribution < -0.4 is 10.6 Å². The molecule has 0 unspecified atom stereocenters. The highest BCUT2D eigenvalue weighted by molar-refractivity contribution is 5.97. The van der Waals surface area contributed by atoms with Crippen LogP contribution in [0.4, 0.5) is 0 Å². The lowest BCUT2D eigenvalue weighted by Crippen LogP contribution is -2.31. The predicted octanol–water partition coefficient (Wildman–Crippen LogP) is 1.85. The molecule has 0 heterocycles. The Bertz CT molecular complexity index is 789. The van der Waals surface area contributed by atoms with Crippen molar-refractivity contribution in [1.82, 2.24) is 10.6 Å². The molecule has 2 fully saturated rings. The van der Waals surface area contributed by atoms with Crippen molar-refractivity contribution in [3.63, 3.8) is 0 Å². The van der Waals surface area contributed by atoms with Gasteiger partial charge in [-0.25, -0.2) is 9.59 Å². The van der Waals surface area contributed by atoms with Gasteiger partial charge in [0.25, 0.3) is 11.8 Å². The molecular formula is C22H28N2O6. The van der Waals surface area contributed by atoms with E-state index in [0.29, 0.717) is 0 Å². The van der Waals surface area contributed by atoms with E-state index in [1.54, 1.807) is 12.1 Å². The molecule has 2 amide bonds. The summed E-state index contributed by atoms with van der Waals surface area (Å²) in [4.78, 5) is 48.5. The Kier molecular flexibility index (Phi) is 6.43. The summed E-state index contributed by atoms with van der Waals surface area (Å²) in [5.41, 5.74) is 0.679. The minimum atomic E-state index is -0.701. The highest BCUT2D eigenvalue weighted by Gasteiger charge is 2.26. The van der Waals surface area contributed by atoms with Crippen LogP contribution >= 0.6 is 0 Å². The van der Waals surface area contributed by atoms with E-state index >= 15 is 0 Å². The van der Waals surface area contributed by atoms with Gasteiger partial charge in [-0.3, -0.25) is 9.59 Å². The van der Waals surface area contributed by atoms with Crippen molar-refractivity contribution in [1.29, 1.82) is 0 Å². The van der Waals surface area contributed by atoms with Crippen molar-refractivity contribution in [2.45, 2.75) is 64.0 Å². The van der Waals surface area contributed by atoms with Gasteiger partial charge in [0.05, 0.1) is 11.1 Å². The summed E-state index contributed by atoms with van der Waals surface area (Å²) in [6, 6.07) is 4.99. The molecule has 3 rings (SSSR count). The summed E-state index contributed by atoms with van der Waals surface area (Å²) in [5, 5.41) is 5.49. The summed E-state index contributed by atoms with van der Waals surface area (Å²) in [7, 11) is 0. The van der Waals surface area contributed by atoms with Gasteiger partial charge in [-0.05, 0) is 54.9 Å². The quantitative estimate of drug-likeness (QED) is 0.626. The van der Waals surface area contributed by atoms with Crippen LogP contribution in [0.2, 0.25) is 0 Å². The van der Waals surface area contributed by atoms with Crippen LogP contribution in [-0.2, 0) is 24.5 Å². The predicted molar refractivity (Wildman–Crippen MR) is 108 cm³/mol. The first-order valence-corrected chi connectivity index (χ1v) is 10.2. The van der Waals surface area contributed by atoms with Crippen molar-refractivity contribution < 1.29 is 28.7 Å². The first-order valence-electron chi connectivity index (χ1n) is 10.2. The molecule has 0 spiro atoms. The van der Waals surface area contributed by atoms with E-state index in [1.807, 2.05) is 20.8 Å². The fourth-order valence-electron chi connectivity index (χ4n) is 2.72. The highest BCUT2D eigenvalue weighted by Crippen LogP contribution is 2.25. The van der Waals surface area contributed by atoms with Gasteiger partial charge in [0.15, 0.2) is 13.2 Å². The summed E-state index contributed by atoms with van der Waals surface area (Å²) in [5.74, 6) is -2.10. The van der Waals surface area contributed by atoms with E-state index in [2.05, 4.69) is 10.6 Å². The molecule has 8 nitrogen and oxygen atoms in total. The third-order valence-electron chi connectivity index (χ3n) is 4.82. The van der Waals surface area contributed by atoms with E-state index in [-0.39, 0.29) is 53.7 Å². The van der Waals surface area contributed by atoms with Crippen LogP contribution in [0, 0.1) is 0 Å². The molecule has 2 aliphatic carbocycles. The van der Waals surface area contributed by atoms with Crippen LogP contribution in [0.15, 0.2) is 18.2 Å². The molecule has 0 aliphatic heterocycles. The molecule has 2 N–H and O–H groups in total. The number of carbonyl (C=O) groups is 4. The van der Waals surface area contributed by atoms with E-state index in [1.165, 1.54) is 6.07 Å². The number of rotatable bonds is 8. The van der Waals surface area contributed by atoms with Crippen molar-refractivity contribution in [3.05, 3.63) is 34.9 Å². The van der Waals surface area contributed by atoms with Gasteiger partial charge in [0.1, 0.15) is 0 Å². The Labute approximate surface area is 175 Å². The zero-order valence-corrected chi connectivity index (χ0v) is 17.6. The number of benzene rings is 1. The number of carbonyl (C=O) groups excluding carboxylic acids is 4. The van der Waals surface area contributed by atoms with Crippen LogP contribution in [0.1, 0.15) is 72.7 Å². The molecule has 1 aromatic rings. The molecule has 8 heteroatoms. The smallest absolute Gasteiger partial charge is 0.338 e. The standard InChI is InChI=1S/C22H28N2O6/c1-22(2,3)15-9-13(20(27)29-11-18(25)23-16-4-5-16)8-14(10-15)21(28)30-12-19(26)24-17-6-7-17/h8-10,16-17H,4-7,11-12H2,1-3H3,(H,23,25)(H,24,26). The maximum atomic E-state index is 12.5. The summed E-state index contributed by atoms with van der Waals surface area (Å²) < 4.78 is 10.2. The van der Waals surface area contributed by atoms with Gasteiger partial charge < -0.3 is 20.1 Å². The Balaban J connectivity index is 1.67. The number of hydrogen-bond donors (Lipinski definition) is 2. The highest BCUT2D eigenvalue weighted by atomic mass is 16.5. The zero-order chi connectivity index (χ0) is 21.9. The summed E-state index contributed by atoms with van der Waals surface area (Å²) in [6.07, 6.45) is 3.77. The molecule has 0 saturated heterocycles. The van der Waals surface area contributed by atoms with Gasteiger partial charge in [-0.15, -0.1) is 0 Å². The van der Waals surface area contributed by atoms with E-state index in [4.69, 9.17) is 9.47 Å². The van der Waals surface area contributed by atoms with Gasteiger partial charge >= 0.3 is 11.9 Å². The van der Waals surface area contributed by atoms with Gasteiger partial charge in [0.2, 0.25) is 0 Å². The molecule has 0 aromatic heterocycles. The lowest BCUT2D eigenvalue weighted by Gasteiger charge is -2.20. The van der Waals surface area contributed by atoms with E-state index < -0.39 is 11.9 Å². The van der Waals surface area contributed by atoms with E-state index in [0.717, 1.165) is 31.2 Å². The maximum absolute atomic E-state index is 12.5. The molecular weight excluding hydrogens is 388 g/mol. The Morgan fingerprint density at radius 1 is 0.800 bits per heavy atom. The SMILES string of the molecule is CC(C)(C)c1cc(C(=O)OCC(=O)NC2CC2)cc(C(=O)OCC(=O)NC2CC2)c1. The average Bonchev–Trinajstić information content (AvgIpc) is 3.60. The molecule has 1 aromatic carbocycles. The number of hydrogen-bond acceptors (Lipinski definition) is 6. The van der Waals surface area contributed by atoms with E-state index in [9.17, 15) is 19.2 Å². The van der Waals surface area contributed by atoms with Crippen molar-refractivity contribution >= 4 is 23.8 Å². The van der Waals surface area contributed by atoms with Crippen molar-refractivity contribution in [3.8, 4) is 0 Å². The minimum Gasteiger partial charge on any atom is -0.452 e. The first-order chi connectivity index (χ1) is 14.1. The zero-order valence-electron chi connectivity index (χ0n) is 17.6. The molecule has 0 atom stereocenters. The minimum absolute atomic E-state index is 0.149. The lowest BCUT2D eigenvalue weighted by molar-refractivity contribution is -0.125. The third-order valence-corrected chi connectivity index (χ3v) is 4.82. The second kappa shape index (κ2) is 8.85. The fraction of sp³-hybridized carbons (Fsp3) is 0.545. The molecule has 30 heavy (non-hydrogen) atoms. The number of ether oxygens (including phenoxy) is 2. The first kappa shape index (κ1) is 21.8. The van der Waals surface area contributed by atoms with Crippen LogP contribution in [0.5, 0.6) is 0 Å². The third kappa shape index (κ3) is 6.57. The van der Waals surface area contributed by atoms with Crippen molar-refractivity contribution in [2.75, 3.05) is 13.2 Å². The van der Waals surface area contributed by atoms with Gasteiger partial charge in [0, 0.05) is 12.1 Å². The molecule has 2 saturated carbocycles. The topological polar surface area (TPSA) is 111 Å². The molecule has 162 valence electrons. The Morgan fingerprint density at radius 3 is 1.53 bits per heavy atom. The van der Waals surface area contributed by atoms with Gasteiger partial charge in [-0.2, -0.15) is 0 Å². The van der Waals surface area contributed by atoms with Gasteiger partial charge in [-0.1, -0.05) is 20.8 Å². The van der Waals surface area contributed by atoms with Crippen molar-refractivity contribution in [2.24, 2.45) is 0 Å². The Hall–Kier alpha value is -2.90. The number of amides is 2. The molecule has 0 radical (unpaired) electrons. The fourth-order valence-corrected chi connectivity index (χ4v) is 2.72. The normalized spacial score (nSPS) is 15.8. The summed E-state index contributed by atoms with van der Waals surface area (Å²) >= 11 is 0. The number of nitrogens with one attached hydrogen (secondary N) is 2. The summed E-state index contributed by atoms with van der Waals surface area (Å²) in [6.45, 7) is 5.07. The molecule has 2 aliphatic rings. The maximum Gasteiger partial charge on any atom is 0.338 e. The largest absolute Gasteiger partial charge is 0.452 e. The van der Waals surface area contributed by atoms with Crippen LogP contribution in [0.25, 0.3) is 0 Å². The monoisotopic (exact) mass is 416 g/mol. The van der Waals surface area contributed by atoms with Crippen LogP contribution in [0.3, 0.4) is 0 Å². The average molecular weight is 416 g/mol. The second-order valence-electron chi connectivity index (χ2n) is 8.88. The number of esters is 2. The molecule has 0 bridgehead atoms.